The summed E-state index contributed by atoms with van der Waals surface area (Å²) in [7, 11) is -1.67. The third kappa shape index (κ3) is 2.11. The van der Waals surface area contributed by atoms with Crippen molar-refractivity contribution in [2.24, 2.45) is 0 Å². The molecule has 0 N–H and O–H groups in total. The van der Waals surface area contributed by atoms with Crippen molar-refractivity contribution in [3.63, 3.8) is 0 Å². The van der Waals surface area contributed by atoms with Gasteiger partial charge in [0.2, 0.25) is 0 Å². The highest BCUT2D eigenvalue weighted by atomic mass is 28.3. The topological polar surface area (TPSA) is 0 Å². The van der Waals surface area contributed by atoms with Crippen LogP contribution in [0.25, 0.3) is 11.1 Å². The minimum absolute atomic E-state index is 0.558. The van der Waals surface area contributed by atoms with Gasteiger partial charge in [0.1, 0.15) is 0 Å². The molecule has 1 aliphatic carbocycles. The van der Waals surface area contributed by atoms with E-state index in [-0.39, 0.29) is 0 Å². The van der Waals surface area contributed by atoms with Crippen LogP contribution < -0.4 is 5.19 Å². The highest BCUT2D eigenvalue weighted by molar-refractivity contribution is 6.92. The molecule has 0 spiro atoms. The van der Waals surface area contributed by atoms with E-state index < -0.39 is 8.07 Å². The van der Waals surface area contributed by atoms with E-state index in [1.54, 1.807) is 5.19 Å². The van der Waals surface area contributed by atoms with Crippen molar-refractivity contribution in [2.75, 3.05) is 0 Å². The zero-order valence-electron chi connectivity index (χ0n) is 13.8. The zero-order valence-corrected chi connectivity index (χ0v) is 14.8. The normalized spacial score (nSPS) is 15.7. The lowest BCUT2D eigenvalue weighted by molar-refractivity contribution is 1.10. The minimum atomic E-state index is -1.67. The molecule has 1 heteroatoms. The Morgan fingerprint density at radius 1 is 0.696 bits per heavy atom. The van der Waals surface area contributed by atoms with Crippen LogP contribution in [-0.4, -0.2) is 8.07 Å². The van der Waals surface area contributed by atoms with Gasteiger partial charge in [-0.1, -0.05) is 104 Å². The molecular weight excluding hydrogens is 292 g/mol. The summed E-state index contributed by atoms with van der Waals surface area (Å²) >= 11 is 0. The summed E-state index contributed by atoms with van der Waals surface area (Å²) < 4.78 is 0. The molecule has 0 saturated heterocycles. The number of hydrogen-bond donors (Lipinski definition) is 0. The molecule has 114 valence electrons. The van der Waals surface area contributed by atoms with Crippen molar-refractivity contribution < 1.29 is 0 Å². The molecule has 3 aromatic carbocycles. The van der Waals surface area contributed by atoms with Crippen LogP contribution in [0.5, 0.6) is 0 Å². The van der Waals surface area contributed by atoms with Crippen molar-refractivity contribution in [1.29, 1.82) is 0 Å². The van der Waals surface area contributed by atoms with Crippen LogP contribution in [-0.2, 0) is 0 Å². The Bertz CT molecular complexity index is 792. The Balaban J connectivity index is 1.98. The van der Waals surface area contributed by atoms with E-state index in [9.17, 15) is 0 Å². The fourth-order valence-electron chi connectivity index (χ4n) is 4.24. The molecule has 1 aliphatic rings. The van der Waals surface area contributed by atoms with Gasteiger partial charge in [0.05, 0.1) is 8.07 Å². The van der Waals surface area contributed by atoms with Gasteiger partial charge in [0.25, 0.3) is 0 Å². The standard InChI is InChI=1S/C22H22Si/c1-3-23(2,17-11-5-4-6-12-17)22-20-15-9-7-13-18(20)19-14-8-10-16-21(19)22/h4-16,22H,3H2,1-2H3. The quantitative estimate of drug-likeness (QED) is 0.572. The number of fused-ring (bicyclic) bond motifs is 3. The van der Waals surface area contributed by atoms with Crippen LogP contribution in [0.2, 0.25) is 12.6 Å². The smallest absolute Gasteiger partial charge is 0.0674 e. The average molecular weight is 315 g/mol. The van der Waals surface area contributed by atoms with Crippen molar-refractivity contribution in [1.82, 2.24) is 0 Å². The molecule has 0 saturated carbocycles. The summed E-state index contributed by atoms with van der Waals surface area (Å²) in [5, 5.41) is 1.57. The lowest BCUT2D eigenvalue weighted by Gasteiger charge is -2.34. The van der Waals surface area contributed by atoms with E-state index in [2.05, 4.69) is 92.3 Å². The third-order valence-corrected chi connectivity index (χ3v) is 10.7. The predicted molar refractivity (Wildman–Crippen MR) is 102 cm³/mol. The highest BCUT2D eigenvalue weighted by Crippen LogP contribution is 2.49. The highest BCUT2D eigenvalue weighted by Gasteiger charge is 2.43. The second-order valence-electron chi connectivity index (χ2n) is 6.74. The molecule has 0 amide bonds. The maximum absolute atomic E-state index is 2.56. The molecule has 0 aromatic heterocycles. The summed E-state index contributed by atoms with van der Waals surface area (Å²) in [6, 6.07) is 30.5. The van der Waals surface area contributed by atoms with Gasteiger partial charge in [-0.3, -0.25) is 0 Å². The molecule has 0 nitrogen and oxygen atoms in total. The first-order chi connectivity index (χ1) is 11.3. The second-order valence-corrected chi connectivity index (χ2v) is 11.4. The fourth-order valence-corrected chi connectivity index (χ4v) is 8.22. The van der Waals surface area contributed by atoms with Crippen molar-refractivity contribution >= 4 is 13.3 Å². The summed E-state index contributed by atoms with van der Waals surface area (Å²) in [6.07, 6.45) is 0. The monoisotopic (exact) mass is 314 g/mol. The second kappa shape index (κ2) is 5.50. The van der Waals surface area contributed by atoms with Crippen LogP contribution in [0.15, 0.2) is 78.9 Å². The van der Waals surface area contributed by atoms with E-state index in [4.69, 9.17) is 0 Å². The Morgan fingerprint density at radius 2 is 1.17 bits per heavy atom. The first-order valence-electron chi connectivity index (χ1n) is 8.49. The van der Waals surface area contributed by atoms with Crippen molar-refractivity contribution in [3.05, 3.63) is 90.0 Å². The number of benzene rings is 3. The summed E-state index contributed by atoms with van der Waals surface area (Å²) in [4.78, 5) is 0. The van der Waals surface area contributed by atoms with Crippen LogP contribution in [0.3, 0.4) is 0 Å². The Hall–Kier alpha value is -2.12. The summed E-state index contributed by atoms with van der Waals surface area (Å²) in [6.45, 7) is 4.94. The third-order valence-electron chi connectivity index (χ3n) is 5.64. The van der Waals surface area contributed by atoms with Gasteiger partial charge in [0, 0.05) is 5.54 Å². The number of rotatable bonds is 3. The van der Waals surface area contributed by atoms with E-state index in [1.165, 1.54) is 28.3 Å². The fraction of sp³-hybridized carbons (Fsp3) is 0.182. The van der Waals surface area contributed by atoms with Gasteiger partial charge < -0.3 is 0 Å². The van der Waals surface area contributed by atoms with Crippen molar-refractivity contribution in [2.45, 2.75) is 25.1 Å². The predicted octanol–water partition coefficient (Wildman–Crippen LogP) is 5.34. The van der Waals surface area contributed by atoms with Crippen LogP contribution >= 0.6 is 0 Å². The molecule has 0 aliphatic heterocycles. The SMILES string of the molecule is CC[Si](C)(c1ccccc1)C1c2ccccc2-c2ccccc21. The van der Waals surface area contributed by atoms with Gasteiger partial charge >= 0.3 is 0 Å². The first-order valence-corrected chi connectivity index (χ1v) is 11.3. The van der Waals surface area contributed by atoms with Crippen LogP contribution in [0.1, 0.15) is 23.6 Å². The van der Waals surface area contributed by atoms with E-state index in [0.29, 0.717) is 5.54 Å². The molecule has 1 atom stereocenters. The summed E-state index contributed by atoms with van der Waals surface area (Å²) in [5.74, 6) is 0. The largest absolute Gasteiger partial charge is 0.0954 e. The Labute approximate surface area is 139 Å². The first kappa shape index (κ1) is 14.5. The molecule has 4 rings (SSSR count). The van der Waals surface area contributed by atoms with Gasteiger partial charge in [-0.05, 0) is 22.3 Å². The Kier molecular flexibility index (Phi) is 3.46. The average Bonchev–Trinajstić information content (AvgIpc) is 2.97. The maximum Gasteiger partial charge on any atom is 0.0954 e. The molecule has 3 aromatic rings. The Morgan fingerprint density at radius 3 is 1.70 bits per heavy atom. The number of hydrogen-bond acceptors (Lipinski definition) is 0. The molecule has 23 heavy (non-hydrogen) atoms. The lowest BCUT2D eigenvalue weighted by atomic mass is 10.1. The van der Waals surface area contributed by atoms with Crippen LogP contribution in [0, 0.1) is 0 Å². The van der Waals surface area contributed by atoms with E-state index in [1.807, 2.05) is 0 Å². The molecular formula is C22H22Si. The van der Waals surface area contributed by atoms with E-state index >= 15 is 0 Å². The van der Waals surface area contributed by atoms with Crippen molar-refractivity contribution in [3.8, 4) is 11.1 Å². The zero-order chi connectivity index (χ0) is 15.9. The van der Waals surface area contributed by atoms with Gasteiger partial charge in [-0.25, -0.2) is 0 Å². The van der Waals surface area contributed by atoms with Gasteiger partial charge in [0.15, 0.2) is 0 Å². The maximum atomic E-state index is 2.56. The molecule has 0 radical (unpaired) electrons. The molecule has 1 unspecified atom stereocenters. The van der Waals surface area contributed by atoms with E-state index in [0.717, 1.165) is 0 Å². The van der Waals surface area contributed by atoms with Gasteiger partial charge in [-0.15, -0.1) is 0 Å². The summed E-state index contributed by atoms with van der Waals surface area (Å²) in [5.41, 5.74) is 6.51. The molecule has 0 bridgehead atoms. The molecule has 0 fully saturated rings. The minimum Gasteiger partial charge on any atom is -0.0674 e. The lowest BCUT2D eigenvalue weighted by Crippen LogP contribution is -2.49. The van der Waals surface area contributed by atoms with Gasteiger partial charge in [-0.2, -0.15) is 0 Å². The molecule has 0 heterocycles. The van der Waals surface area contributed by atoms with Crippen LogP contribution in [0.4, 0.5) is 0 Å².